The third-order valence-corrected chi connectivity index (χ3v) is 3.10. The Morgan fingerprint density at radius 1 is 1.15 bits per heavy atom. The van der Waals surface area contributed by atoms with Crippen LogP contribution >= 0.6 is 0 Å². The lowest BCUT2D eigenvalue weighted by Crippen LogP contribution is -2.29. The number of alkyl halides is 2. The lowest BCUT2D eigenvalue weighted by atomic mass is 10.0. The molecule has 0 amide bonds. The molecule has 0 spiro atoms. The van der Waals surface area contributed by atoms with Crippen LogP contribution in [0.1, 0.15) is 12.5 Å². The van der Waals surface area contributed by atoms with E-state index in [0.717, 1.165) is 17.0 Å². The van der Waals surface area contributed by atoms with Crippen LogP contribution in [0.4, 0.5) is 17.6 Å². The Balaban J connectivity index is 2.54. The lowest BCUT2D eigenvalue weighted by Gasteiger charge is -2.32. The predicted molar refractivity (Wildman–Crippen MR) is 69.9 cm³/mol. The van der Waals surface area contributed by atoms with E-state index in [1.54, 1.807) is 13.0 Å². The van der Waals surface area contributed by atoms with Crippen LogP contribution in [0.5, 0.6) is 0 Å². The average molecular weight is 283 g/mol. The molecule has 0 radical (unpaired) electrons. The van der Waals surface area contributed by atoms with Gasteiger partial charge >= 0.3 is 0 Å². The molecule has 1 aromatic carbocycles. The van der Waals surface area contributed by atoms with Gasteiger partial charge in [-0.15, -0.1) is 0 Å². The van der Waals surface area contributed by atoms with Crippen LogP contribution in [-0.4, -0.2) is 17.9 Å². The molecule has 0 bridgehead atoms. The summed E-state index contributed by atoms with van der Waals surface area (Å²) in [5.74, 6) is -1.59. The van der Waals surface area contributed by atoms with Gasteiger partial charge in [0.25, 0.3) is 6.43 Å². The maximum absolute atomic E-state index is 13.8. The summed E-state index contributed by atoms with van der Waals surface area (Å²) in [5, 5.41) is 0. The van der Waals surface area contributed by atoms with E-state index in [1.165, 1.54) is 12.1 Å². The molecule has 106 valence electrons. The molecular weight excluding hydrogens is 270 g/mol. The number of hydrogen-bond donors (Lipinski definition) is 0. The summed E-state index contributed by atoms with van der Waals surface area (Å²) in [5.41, 5.74) is 0.714. The first-order valence-electron chi connectivity index (χ1n) is 5.99. The summed E-state index contributed by atoms with van der Waals surface area (Å²) in [6.45, 7) is 4.74. The van der Waals surface area contributed by atoms with Crippen molar-refractivity contribution >= 4 is 5.70 Å². The van der Waals surface area contributed by atoms with E-state index in [4.69, 9.17) is 0 Å². The van der Waals surface area contributed by atoms with E-state index in [-0.39, 0.29) is 11.3 Å². The largest absolute Gasteiger partial charge is 0.335 e. The number of halogens is 4. The molecule has 0 N–H and O–H groups in total. The van der Waals surface area contributed by atoms with Crippen molar-refractivity contribution in [1.82, 2.24) is 4.90 Å². The monoisotopic (exact) mass is 283 g/mol. The van der Waals surface area contributed by atoms with E-state index < -0.39 is 24.6 Å². The molecule has 1 aliphatic rings. The van der Waals surface area contributed by atoms with E-state index >= 15 is 0 Å². The number of allylic oxidation sites excluding steroid dienone is 3. The van der Waals surface area contributed by atoms with Crippen LogP contribution in [0.2, 0.25) is 0 Å². The molecule has 2 rings (SSSR count). The van der Waals surface area contributed by atoms with Crippen molar-refractivity contribution in [2.75, 3.05) is 6.54 Å². The molecule has 0 unspecified atom stereocenters. The Bertz CT molecular complexity index is 582. The first-order chi connectivity index (χ1) is 9.41. The van der Waals surface area contributed by atoms with Crippen LogP contribution in [0, 0.1) is 11.6 Å². The van der Waals surface area contributed by atoms with Crippen molar-refractivity contribution in [3.05, 3.63) is 65.4 Å². The van der Waals surface area contributed by atoms with Crippen molar-refractivity contribution in [1.29, 1.82) is 0 Å². The smallest absolute Gasteiger partial charge is 0.256 e. The minimum absolute atomic E-state index is 0.0523. The van der Waals surface area contributed by atoms with Crippen LogP contribution in [0.15, 0.2) is 48.2 Å². The Morgan fingerprint density at radius 2 is 1.75 bits per heavy atom. The van der Waals surface area contributed by atoms with Crippen molar-refractivity contribution < 1.29 is 17.6 Å². The number of nitrogens with zero attached hydrogens (tertiary/aromatic N) is 1. The highest BCUT2D eigenvalue weighted by Crippen LogP contribution is 2.33. The fraction of sp³-hybridized carbons (Fsp3) is 0.200. The zero-order chi connectivity index (χ0) is 14.9. The highest BCUT2D eigenvalue weighted by Gasteiger charge is 2.26. The van der Waals surface area contributed by atoms with Gasteiger partial charge in [0.05, 0.1) is 17.8 Å². The van der Waals surface area contributed by atoms with Crippen molar-refractivity contribution in [2.45, 2.75) is 13.3 Å². The molecule has 0 aromatic heterocycles. The first-order valence-corrected chi connectivity index (χ1v) is 5.99. The van der Waals surface area contributed by atoms with E-state index in [2.05, 4.69) is 6.58 Å². The molecule has 20 heavy (non-hydrogen) atoms. The molecular formula is C15H13F4N. The summed E-state index contributed by atoms with van der Waals surface area (Å²) in [6, 6.07) is 3.41. The molecule has 5 heteroatoms. The van der Waals surface area contributed by atoms with Crippen molar-refractivity contribution in [3.8, 4) is 0 Å². The lowest BCUT2D eigenvalue weighted by molar-refractivity contribution is 0.123. The maximum Gasteiger partial charge on any atom is 0.256 e. The second-order valence-corrected chi connectivity index (χ2v) is 4.45. The Morgan fingerprint density at radius 3 is 2.30 bits per heavy atom. The van der Waals surface area contributed by atoms with Gasteiger partial charge in [0.15, 0.2) is 0 Å². The highest BCUT2D eigenvalue weighted by atomic mass is 19.3. The van der Waals surface area contributed by atoms with Gasteiger partial charge < -0.3 is 4.90 Å². The normalized spacial score (nSPS) is 15.5. The second kappa shape index (κ2) is 5.53. The minimum Gasteiger partial charge on any atom is -0.335 e. The summed E-state index contributed by atoms with van der Waals surface area (Å²) in [7, 11) is 0. The van der Waals surface area contributed by atoms with Gasteiger partial charge in [-0.2, -0.15) is 0 Å². The zero-order valence-electron chi connectivity index (χ0n) is 10.8. The quantitative estimate of drug-likeness (QED) is 0.746. The Labute approximate surface area is 114 Å². The third kappa shape index (κ3) is 2.61. The van der Waals surface area contributed by atoms with Gasteiger partial charge in [-0.05, 0) is 30.7 Å². The van der Waals surface area contributed by atoms with Gasteiger partial charge in [0, 0.05) is 5.70 Å². The molecule has 0 aliphatic carbocycles. The molecule has 1 aliphatic heterocycles. The molecule has 0 saturated heterocycles. The summed E-state index contributed by atoms with van der Waals surface area (Å²) in [6.07, 6.45) is 0.384. The van der Waals surface area contributed by atoms with Crippen LogP contribution in [-0.2, 0) is 0 Å². The average Bonchev–Trinajstić information content (AvgIpc) is 2.37. The Kier molecular flexibility index (Phi) is 3.97. The zero-order valence-corrected chi connectivity index (χ0v) is 10.8. The maximum atomic E-state index is 13.8. The molecule has 0 saturated carbocycles. The topological polar surface area (TPSA) is 3.24 Å². The third-order valence-electron chi connectivity index (χ3n) is 3.10. The molecule has 0 atom stereocenters. The van der Waals surface area contributed by atoms with Crippen molar-refractivity contribution in [2.24, 2.45) is 0 Å². The van der Waals surface area contributed by atoms with Gasteiger partial charge in [0.1, 0.15) is 11.6 Å². The fourth-order valence-corrected chi connectivity index (χ4v) is 2.06. The molecule has 0 fully saturated rings. The Hall–Kier alpha value is -2.04. The number of rotatable bonds is 3. The molecule has 1 nitrogen and oxygen atoms in total. The van der Waals surface area contributed by atoms with Gasteiger partial charge in [0.2, 0.25) is 0 Å². The van der Waals surface area contributed by atoms with Crippen molar-refractivity contribution in [3.63, 3.8) is 0 Å². The van der Waals surface area contributed by atoms with E-state index in [1.807, 2.05) is 0 Å². The van der Waals surface area contributed by atoms with Crippen LogP contribution in [0.3, 0.4) is 0 Å². The van der Waals surface area contributed by atoms with Gasteiger partial charge in [-0.1, -0.05) is 18.7 Å². The second-order valence-electron chi connectivity index (χ2n) is 4.45. The van der Waals surface area contributed by atoms with Gasteiger partial charge in [-0.3, -0.25) is 0 Å². The summed E-state index contributed by atoms with van der Waals surface area (Å²) < 4.78 is 53.0. The number of hydrogen-bond acceptors (Lipinski definition) is 1. The van der Waals surface area contributed by atoms with E-state index in [0.29, 0.717) is 11.3 Å². The number of benzene rings is 1. The SMILES string of the molecule is C=C1C(C)=CC=C(c2c(F)cccc2F)N1CC(F)F. The summed E-state index contributed by atoms with van der Waals surface area (Å²) >= 11 is 0. The summed E-state index contributed by atoms with van der Waals surface area (Å²) in [4.78, 5) is 1.14. The molecule has 1 aromatic rings. The van der Waals surface area contributed by atoms with Crippen LogP contribution < -0.4 is 0 Å². The fourth-order valence-electron chi connectivity index (χ4n) is 2.06. The van der Waals surface area contributed by atoms with E-state index in [9.17, 15) is 17.6 Å². The predicted octanol–water partition coefficient (Wildman–Crippen LogP) is 4.35. The first kappa shape index (κ1) is 14.4. The van der Waals surface area contributed by atoms with Gasteiger partial charge in [-0.25, -0.2) is 17.6 Å². The highest BCUT2D eigenvalue weighted by molar-refractivity contribution is 5.71. The molecule has 1 heterocycles. The van der Waals surface area contributed by atoms with Crippen LogP contribution in [0.25, 0.3) is 5.70 Å². The minimum atomic E-state index is -2.64. The standard InChI is InChI=1S/C15H13F4N/c1-9-6-7-13(20(10(9)2)8-14(18)19)15-11(16)4-3-5-12(15)17/h3-7,14H,2,8H2,1H3.